The quantitative estimate of drug-likeness (QED) is 0.544. The van der Waals surface area contributed by atoms with E-state index in [9.17, 15) is 4.79 Å². The van der Waals surface area contributed by atoms with Crippen molar-refractivity contribution < 1.29 is 14.1 Å². The van der Waals surface area contributed by atoms with Gasteiger partial charge in [0, 0.05) is 18.1 Å². The van der Waals surface area contributed by atoms with Crippen molar-refractivity contribution in [2.45, 2.75) is 6.92 Å². The van der Waals surface area contributed by atoms with Gasteiger partial charge in [0.1, 0.15) is 5.75 Å². The van der Waals surface area contributed by atoms with Crippen LogP contribution in [0.25, 0.3) is 22.8 Å². The van der Waals surface area contributed by atoms with Gasteiger partial charge in [-0.15, -0.1) is 0 Å². The smallest absolute Gasteiger partial charge is 0.308 e. The van der Waals surface area contributed by atoms with E-state index in [4.69, 9.17) is 9.26 Å². The topological polar surface area (TPSA) is 65.2 Å². The van der Waals surface area contributed by atoms with E-state index in [1.54, 1.807) is 24.3 Å². The van der Waals surface area contributed by atoms with Crippen LogP contribution in [0, 0.1) is 0 Å². The Hall–Kier alpha value is -2.95. The second-order valence-corrected chi connectivity index (χ2v) is 4.41. The van der Waals surface area contributed by atoms with Gasteiger partial charge in [-0.25, -0.2) is 0 Å². The highest BCUT2D eigenvalue weighted by Gasteiger charge is 2.10. The molecule has 0 aliphatic rings. The lowest BCUT2D eigenvalue weighted by Crippen LogP contribution is -2.00. The first-order chi connectivity index (χ1) is 10.2. The first kappa shape index (κ1) is 13.1. The van der Waals surface area contributed by atoms with Crippen molar-refractivity contribution >= 4 is 5.97 Å². The number of rotatable bonds is 3. The Balaban J connectivity index is 1.85. The van der Waals surface area contributed by atoms with Crippen molar-refractivity contribution in [2.24, 2.45) is 0 Å². The van der Waals surface area contributed by atoms with Crippen LogP contribution in [0.2, 0.25) is 0 Å². The summed E-state index contributed by atoms with van der Waals surface area (Å²) in [7, 11) is 0. The molecule has 0 atom stereocenters. The van der Waals surface area contributed by atoms with Crippen LogP contribution >= 0.6 is 0 Å². The van der Waals surface area contributed by atoms with Crippen molar-refractivity contribution in [1.82, 2.24) is 10.1 Å². The lowest BCUT2D eigenvalue weighted by Gasteiger charge is -2.00. The number of hydrogen-bond acceptors (Lipinski definition) is 5. The third-order valence-corrected chi connectivity index (χ3v) is 2.82. The fraction of sp³-hybridized carbons (Fsp3) is 0.0625. The van der Waals surface area contributed by atoms with Crippen molar-refractivity contribution in [3.8, 4) is 28.6 Å². The Morgan fingerprint density at radius 2 is 1.71 bits per heavy atom. The second kappa shape index (κ2) is 5.58. The van der Waals surface area contributed by atoms with E-state index in [2.05, 4.69) is 10.1 Å². The Bertz CT molecular complexity index is 749. The van der Waals surface area contributed by atoms with Crippen LogP contribution in [0.5, 0.6) is 5.75 Å². The molecule has 0 aliphatic heterocycles. The zero-order valence-electron chi connectivity index (χ0n) is 11.3. The zero-order chi connectivity index (χ0) is 14.7. The SMILES string of the molecule is CC(=O)Oc1ccc(-c2noc(-c3ccccc3)n2)cc1. The molecule has 104 valence electrons. The summed E-state index contributed by atoms with van der Waals surface area (Å²) in [6, 6.07) is 16.5. The molecule has 0 unspecified atom stereocenters. The van der Waals surface area contributed by atoms with Gasteiger partial charge >= 0.3 is 5.97 Å². The van der Waals surface area contributed by atoms with Crippen LogP contribution in [0.15, 0.2) is 59.1 Å². The highest BCUT2D eigenvalue weighted by Crippen LogP contribution is 2.23. The first-order valence-corrected chi connectivity index (χ1v) is 6.40. The minimum atomic E-state index is -0.353. The summed E-state index contributed by atoms with van der Waals surface area (Å²) in [6.45, 7) is 1.36. The molecule has 1 heterocycles. The molecule has 0 bridgehead atoms. The molecule has 0 radical (unpaired) electrons. The monoisotopic (exact) mass is 280 g/mol. The molecule has 5 heteroatoms. The number of carbonyl (C=O) groups excluding carboxylic acids is 1. The van der Waals surface area contributed by atoms with E-state index in [1.807, 2.05) is 30.3 Å². The van der Waals surface area contributed by atoms with E-state index in [0.29, 0.717) is 17.5 Å². The van der Waals surface area contributed by atoms with Crippen LogP contribution < -0.4 is 4.74 Å². The number of ether oxygens (including phenoxy) is 1. The maximum atomic E-state index is 10.9. The minimum Gasteiger partial charge on any atom is -0.427 e. The predicted molar refractivity (Wildman–Crippen MR) is 76.5 cm³/mol. The molecular weight excluding hydrogens is 268 g/mol. The molecule has 0 aliphatic carbocycles. The van der Waals surface area contributed by atoms with E-state index >= 15 is 0 Å². The summed E-state index contributed by atoms with van der Waals surface area (Å²) in [5, 5.41) is 3.96. The number of esters is 1. The maximum Gasteiger partial charge on any atom is 0.308 e. The summed E-state index contributed by atoms with van der Waals surface area (Å²) in [4.78, 5) is 15.2. The first-order valence-electron chi connectivity index (χ1n) is 6.40. The van der Waals surface area contributed by atoms with Gasteiger partial charge < -0.3 is 9.26 Å². The molecule has 0 N–H and O–H groups in total. The Morgan fingerprint density at radius 3 is 2.38 bits per heavy atom. The van der Waals surface area contributed by atoms with E-state index in [0.717, 1.165) is 11.1 Å². The third-order valence-electron chi connectivity index (χ3n) is 2.82. The molecule has 21 heavy (non-hydrogen) atoms. The van der Waals surface area contributed by atoms with E-state index in [1.165, 1.54) is 6.92 Å². The molecule has 0 fully saturated rings. The summed E-state index contributed by atoms with van der Waals surface area (Å²) >= 11 is 0. The number of nitrogens with zero attached hydrogens (tertiary/aromatic N) is 2. The van der Waals surface area contributed by atoms with Gasteiger partial charge in [-0.05, 0) is 36.4 Å². The summed E-state index contributed by atoms with van der Waals surface area (Å²) in [5.41, 5.74) is 1.66. The lowest BCUT2D eigenvalue weighted by atomic mass is 10.2. The lowest BCUT2D eigenvalue weighted by molar-refractivity contribution is -0.131. The third kappa shape index (κ3) is 2.97. The summed E-state index contributed by atoms with van der Waals surface area (Å²) < 4.78 is 10.2. The standard InChI is InChI=1S/C16H12N2O3/c1-11(19)20-14-9-7-12(8-10-14)15-17-16(21-18-15)13-5-3-2-4-6-13/h2-10H,1H3. The normalized spacial score (nSPS) is 10.3. The average Bonchev–Trinajstić information content (AvgIpc) is 2.98. The van der Waals surface area contributed by atoms with Gasteiger partial charge in [-0.1, -0.05) is 23.4 Å². The molecule has 1 aromatic heterocycles. The van der Waals surface area contributed by atoms with Crippen LogP contribution in [0.4, 0.5) is 0 Å². The van der Waals surface area contributed by atoms with Crippen LogP contribution in [0.1, 0.15) is 6.92 Å². The van der Waals surface area contributed by atoms with E-state index in [-0.39, 0.29) is 5.97 Å². The Labute approximate surface area is 121 Å². The molecule has 5 nitrogen and oxygen atoms in total. The van der Waals surface area contributed by atoms with E-state index < -0.39 is 0 Å². The van der Waals surface area contributed by atoms with Gasteiger partial charge in [0.25, 0.3) is 5.89 Å². The largest absolute Gasteiger partial charge is 0.427 e. The number of hydrogen-bond donors (Lipinski definition) is 0. The Kier molecular flexibility index (Phi) is 3.47. The minimum absolute atomic E-state index is 0.353. The highest BCUT2D eigenvalue weighted by atomic mass is 16.5. The fourth-order valence-electron chi connectivity index (χ4n) is 1.88. The summed E-state index contributed by atoms with van der Waals surface area (Å²) in [5.74, 6) is 1.09. The molecule has 0 spiro atoms. The maximum absolute atomic E-state index is 10.9. The number of aromatic nitrogens is 2. The molecule has 3 aromatic rings. The van der Waals surface area contributed by atoms with Crippen LogP contribution in [0.3, 0.4) is 0 Å². The van der Waals surface area contributed by atoms with Gasteiger partial charge in [-0.3, -0.25) is 4.79 Å². The number of benzene rings is 2. The molecule has 0 saturated heterocycles. The van der Waals surface area contributed by atoms with Gasteiger partial charge in [0.15, 0.2) is 0 Å². The number of carbonyl (C=O) groups is 1. The van der Waals surface area contributed by atoms with Gasteiger partial charge in [0.05, 0.1) is 0 Å². The fourth-order valence-corrected chi connectivity index (χ4v) is 1.88. The molecule has 3 rings (SSSR count). The summed E-state index contributed by atoms with van der Waals surface area (Å²) in [6.07, 6.45) is 0. The van der Waals surface area contributed by atoms with Crippen molar-refractivity contribution in [1.29, 1.82) is 0 Å². The zero-order valence-corrected chi connectivity index (χ0v) is 11.3. The van der Waals surface area contributed by atoms with Crippen molar-refractivity contribution in [3.05, 3.63) is 54.6 Å². The van der Waals surface area contributed by atoms with Crippen LogP contribution in [-0.2, 0) is 4.79 Å². The van der Waals surface area contributed by atoms with Crippen LogP contribution in [-0.4, -0.2) is 16.1 Å². The molecular formula is C16H12N2O3. The van der Waals surface area contributed by atoms with Crippen molar-refractivity contribution in [2.75, 3.05) is 0 Å². The van der Waals surface area contributed by atoms with Crippen molar-refractivity contribution in [3.63, 3.8) is 0 Å². The molecule has 0 amide bonds. The van der Waals surface area contributed by atoms with Gasteiger partial charge in [-0.2, -0.15) is 4.98 Å². The van der Waals surface area contributed by atoms with Gasteiger partial charge in [0.2, 0.25) is 5.82 Å². The molecule has 2 aromatic carbocycles. The predicted octanol–water partition coefficient (Wildman–Crippen LogP) is 3.33. The average molecular weight is 280 g/mol. The highest BCUT2D eigenvalue weighted by molar-refractivity contribution is 5.69. The Morgan fingerprint density at radius 1 is 1.00 bits per heavy atom. The second-order valence-electron chi connectivity index (χ2n) is 4.41. The molecule has 0 saturated carbocycles.